The summed E-state index contributed by atoms with van der Waals surface area (Å²) in [5.41, 5.74) is 0.568. The normalized spacial score (nSPS) is 14.8. The Bertz CT molecular complexity index is 644. The van der Waals surface area contributed by atoms with E-state index < -0.39 is 0 Å². The van der Waals surface area contributed by atoms with E-state index in [4.69, 9.17) is 4.74 Å². The molecule has 0 spiro atoms. The molecule has 1 N–H and O–H groups in total. The minimum atomic E-state index is -0.108. The predicted molar refractivity (Wildman–Crippen MR) is 70.7 cm³/mol. The minimum absolute atomic E-state index is 0.108. The Labute approximate surface area is 110 Å². The number of nitrogens with zero attached hydrogens (tertiary/aromatic N) is 3. The Hall–Kier alpha value is -2.08. The predicted octanol–water partition coefficient (Wildman–Crippen LogP) is 0.536. The molecule has 6 nitrogen and oxygen atoms in total. The molecule has 19 heavy (non-hydrogen) atoms. The van der Waals surface area contributed by atoms with Crippen molar-refractivity contribution in [2.75, 3.05) is 13.7 Å². The van der Waals surface area contributed by atoms with E-state index >= 15 is 0 Å². The molecule has 1 aliphatic rings. The number of aromatic nitrogens is 3. The quantitative estimate of drug-likeness (QED) is 0.856. The van der Waals surface area contributed by atoms with Crippen LogP contribution in [-0.2, 0) is 13.1 Å². The molecule has 1 aromatic heterocycles. The number of benzene rings is 1. The first kappa shape index (κ1) is 12.0. The molecule has 1 aromatic carbocycles. The van der Waals surface area contributed by atoms with Crippen LogP contribution in [0.1, 0.15) is 12.2 Å². The van der Waals surface area contributed by atoms with Gasteiger partial charge < -0.3 is 10.1 Å². The third-order valence-electron chi connectivity index (χ3n) is 3.27. The van der Waals surface area contributed by atoms with Gasteiger partial charge in [0.15, 0.2) is 0 Å². The van der Waals surface area contributed by atoms with Crippen LogP contribution in [0.2, 0.25) is 0 Å². The fourth-order valence-electron chi connectivity index (χ4n) is 2.32. The van der Waals surface area contributed by atoms with E-state index in [1.807, 2.05) is 24.3 Å². The van der Waals surface area contributed by atoms with Crippen LogP contribution in [0.15, 0.2) is 29.1 Å². The second kappa shape index (κ2) is 4.89. The van der Waals surface area contributed by atoms with Gasteiger partial charge in [0.1, 0.15) is 17.3 Å². The van der Waals surface area contributed by atoms with Crippen LogP contribution in [0.5, 0.6) is 5.75 Å². The highest BCUT2D eigenvalue weighted by atomic mass is 16.5. The number of rotatable bonds is 2. The van der Waals surface area contributed by atoms with E-state index in [0.29, 0.717) is 24.5 Å². The summed E-state index contributed by atoms with van der Waals surface area (Å²) < 4.78 is 8.43. The van der Waals surface area contributed by atoms with Gasteiger partial charge in [0.05, 0.1) is 13.7 Å². The first-order valence-corrected chi connectivity index (χ1v) is 6.34. The molecule has 2 heterocycles. The van der Waals surface area contributed by atoms with Crippen molar-refractivity contribution >= 4 is 0 Å². The number of fused-ring (bicyclic) bond motifs is 1. The number of para-hydroxylation sites is 2. The smallest absolute Gasteiger partial charge is 0.350 e. The molecule has 0 saturated carbocycles. The standard InChI is InChI=1S/C13H16N4O2/c1-19-11-6-3-2-5-10(11)17-13(18)16-8-4-7-14-9-12(16)15-17/h2-3,5-6,14H,4,7-9H2,1H3. The largest absolute Gasteiger partial charge is 0.494 e. The number of nitrogens with one attached hydrogen (secondary N) is 1. The maximum Gasteiger partial charge on any atom is 0.350 e. The molecule has 0 aliphatic carbocycles. The summed E-state index contributed by atoms with van der Waals surface area (Å²) in [5.74, 6) is 1.42. The summed E-state index contributed by atoms with van der Waals surface area (Å²) in [4.78, 5) is 12.4. The average molecular weight is 260 g/mol. The van der Waals surface area contributed by atoms with Crippen molar-refractivity contribution in [3.8, 4) is 11.4 Å². The van der Waals surface area contributed by atoms with E-state index in [-0.39, 0.29) is 5.69 Å². The maximum atomic E-state index is 12.4. The van der Waals surface area contributed by atoms with Gasteiger partial charge in [0, 0.05) is 6.54 Å². The molecule has 0 radical (unpaired) electrons. The van der Waals surface area contributed by atoms with Crippen molar-refractivity contribution in [3.05, 3.63) is 40.6 Å². The fourth-order valence-corrected chi connectivity index (χ4v) is 2.32. The van der Waals surface area contributed by atoms with Crippen molar-refractivity contribution in [1.29, 1.82) is 0 Å². The van der Waals surface area contributed by atoms with E-state index in [1.54, 1.807) is 11.7 Å². The Morgan fingerprint density at radius 2 is 2.21 bits per heavy atom. The van der Waals surface area contributed by atoms with Crippen LogP contribution in [-0.4, -0.2) is 28.0 Å². The van der Waals surface area contributed by atoms with Crippen molar-refractivity contribution in [1.82, 2.24) is 19.7 Å². The van der Waals surface area contributed by atoms with Crippen LogP contribution in [0, 0.1) is 0 Å². The summed E-state index contributed by atoms with van der Waals surface area (Å²) in [6.07, 6.45) is 0.935. The van der Waals surface area contributed by atoms with Gasteiger partial charge in [-0.25, -0.2) is 4.79 Å². The highest BCUT2D eigenvalue weighted by Gasteiger charge is 2.17. The molecule has 0 amide bonds. The first-order chi connectivity index (χ1) is 9.31. The van der Waals surface area contributed by atoms with E-state index in [2.05, 4.69) is 10.4 Å². The number of ether oxygens (including phenoxy) is 1. The van der Waals surface area contributed by atoms with Gasteiger partial charge in [-0.15, -0.1) is 5.10 Å². The molecule has 0 fully saturated rings. The number of methoxy groups -OCH3 is 1. The van der Waals surface area contributed by atoms with Gasteiger partial charge in [0.25, 0.3) is 0 Å². The highest BCUT2D eigenvalue weighted by Crippen LogP contribution is 2.20. The molecule has 2 aromatic rings. The summed E-state index contributed by atoms with van der Waals surface area (Å²) in [6.45, 7) is 2.24. The van der Waals surface area contributed by atoms with Gasteiger partial charge in [0.2, 0.25) is 0 Å². The second-order valence-corrected chi connectivity index (χ2v) is 4.46. The minimum Gasteiger partial charge on any atom is -0.494 e. The average Bonchev–Trinajstić information content (AvgIpc) is 2.64. The molecule has 3 rings (SSSR count). The topological polar surface area (TPSA) is 61.1 Å². The van der Waals surface area contributed by atoms with Crippen molar-refractivity contribution in [3.63, 3.8) is 0 Å². The molecule has 0 bridgehead atoms. The van der Waals surface area contributed by atoms with E-state index in [1.165, 1.54) is 4.68 Å². The summed E-state index contributed by atoms with van der Waals surface area (Å²) >= 11 is 0. The van der Waals surface area contributed by atoms with Crippen LogP contribution in [0.4, 0.5) is 0 Å². The lowest BCUT2D eigenvalue weighted by Crippen LogP contribution is -2.24. The zero-order chi connectivity index (χ0) is 13.2. The van der Waals surface area contributed by atoms with Gasteiger partial charge >= 0.3 is 5.69 Å². The Morgan fingerprint density at radius 1 is 1.37 bits per heavy atom. The molecular weight excluding hydrogens is 244 g/mol. The lowest BCUT2D eigenvalue weighted by molar-refractivity contribution is 0.411. The molecule has 0 atom stereocenters. The third-order valence-corrected chi connectivity index (χ3v) is 3.27. The SMILES string of the molecule is COc1ccccc1-n1nc2n(c1=O)CCCNC2. The van der Waals surface area contributed by atoms with Crippen molar-refractivity contribution < 1.29 is 4.74 Å². The zero-order valence-electron chi connectivity index (χ0n) is 10.8. The fraction of sp³-hybridized carbons (Fsp3) is 0.385. The first-order valence-electron chi connectivity index (χ1n) is 6.34. The maximum absolute atomic E-state index is 12.4. The lowest BCUT2D eigenvalue weighted by atomic mass is 10.3. The Morgan fingerprint density at radius 3 is 3.05 bits per heavy atom. The molecule has 6 heteroatoms. The van der Waals surface area contributed by atoms with Crippen molar-refractivity contribution in [2.45, 2.75) is 19.5 Å². The molecule has 0 saturated heterocycles. The summed E-state index contributed by atoms with van der Waals surface area (Å²) in [5, 5.41) is 7.67. The van der Waals surface area contributed by atoms with E-state index in [0.717, 1.165) is 18.8 Å². The molecule has 100 valence electrons. The van der Waals surface area contributed by atoms with Crippen LogP contribution in [0.3, 0.4) is 0 Å². The summed E-state index contributed by atoms with van der Waals surface area (Å²) in [7, 11) is 1.59. The zero-order valence-corrected chi connectivity index (χ0v) is 10.8. The lowest BCUT2D eigenvalue weighted by Gasteiger charge is -2.06. The van der Waals surface area contributed by atoms with Crippen molar-refractivity contribution in [2.24, 2.45) is 0 Å². The summed E-state index contributed by atoms with van der Waals surface area (Å²) in [6, 6.07) is 7.40. The Balaban J connectivity index is 2.14. The van der Waals surface area contributed by atoms with Gasteiger partial charge in [-0.1, -0.05) is 12.1 Å². The number of hydrogen-bond acceptors (Lipinski definition) is 4. The van der Waals surface area contributed by atoms with Crippen LogP contribution in [0.25, 0.3) is 5.69 Å². The van der Waals surface area contributed by atoms with Gasteiger partial charge in [-0.05, 0) is 25.1 Å². The molecule has 0 unspecified atom stereocenters. The number of hydrogen-bond donors (Lipinski definition) is 1. The third kappa shape index (κ3) is 2.04. The van der Waals surface area contributed by atoms with Gasteiger partial charge in [-0.2, -0.15) is 4.68 Å². The second-order valence-electron chi connectivity index (χ2n) is 4.46. The molecule has 1 aliphatic heterocycles. The van der Waals surface area contributed by atoms with E-state index in [9.17, 15) is 4.79 Å². The monoisotopic (exact) mass is 260 g/mol. The molecular formula is C13H16N4O2. The van der Waals surface area contributed by atoms with Crippen LogP contribution >= 0.6 is 0 Å². The van der Waals surface area contributed by atoms with Crippen LogP contribution < -0.4 is 15.7 Å². The van der Waals surface area contributed by atoms with Gasteiger partial charge in [-0.3, -0.25) is 4.57 Å². The highest BCUT2D eigenvalue weighted by molar-refractivity contribution is 5.45. The Kier molecular flexibility index (Phi) is 3.08.